The van der Waals surface area contributed by atoms with Gasteiger partial charge in [0.05, 0.1) is 12.6 Å². The van der Waals surface area contributed by atoms with E-state index in [0.29, 0.717) is 24.6 Å². The molecule has 0 aromatic carbocycles. The van der Waals surface area contributed by atoms with E-state index < -0.39 is 0 Å². The van der Waals surface area contributed by atoms with E-state index in [1.165, 1.54) is 0 Å². The van der Waals surface area contributed by atoms with Gasteiger partial charge in [0.2, 0.25) is 17.7 Å². The lowest BCUT2D eigenvalue weighted by Crippen LogP contribution is -2.45. The molecule has 0 saturated carbocycles. The summed E-state index contributed by atoms with van der Waals surface area (Å²) < 4.78 is 5.58. The molecule has 1 amide bonds. The highest BCUT2D eigenvalue weighted by Gasteiger charge is 2.26. The van der Waals surface area contributed by atoms with Crippen molar-refractivity contribution in [2.75, 3.05) is 13.2 Å². The summed E-state index contributed by atoms with van der Waals surface area (Å²) in [5, 5.41) is 21.3. The molecule has 1 fully saturated rings. The molecule has 1 unspecified atom stereocenters. The number of amides is 1. The van der Waals surface area contributed by atoms with Gasteiger partial charge in [-0.2, -0.15) is 11.3 Å². The Morgan fingerprint density at radius 3 is 3.14 bits per heavy atom. The minimum atomic E-state index is -0.0368. The van der Waals surface area contributed by atoms with Crippen LogP contribution in [0.4, 0.5) is 0 Å². The fraction of sp³-hybridized carbons (Fsp3) is 0.533. The number of thiophene rings is 1. The summed E-state index contributed by atoms with van der Waals surface area (Å²) >= 11 is 1.57. The second-order valence-corrected chi connectivity index (χ2v) is 6.21. The van der Waals surface area contributed by atoms with Crippen LogP contribution < -0.4 is 0 Å². The van der Waals surface area contributed by atoms with Crippen LogP contribution in [0.3, 0.4) is 0 Å². The molecule has 1 saturated heterocycles. The average Bonchev–Trinajstić information content (AvgIpc) is 3.23. The van der Waals surface area contributed by atoms with Gasteiger partial charge in [0.1, 0.15) is 0 Å². The monoisotopic (exact) mass is 321 g/mol. The van der Waals surface area contributed by atoms with Crippen LogP contribution in [0.15, 0.2) is 21.2 Å². The largest absolute Gasteiger partial charge is 0.421 e. The lowest BCUT2D eigenvalue weighted by atomic mass is 10.0. The van der Waals surface area contributed by atoms with Gasteiger partial charge in [-0.25, -0.2) is 0 Å². The fourth-order valence-corrected chi connectivity index (χ4v) is 3.36. The smallest absolute Gasteiger partial charge is 0.248 e. The van der Waals surface area contributed by atoms with Gasteiger partial charge in [-0.15, -0.1) is 10.2 Å². The van der Waals surface area contributed by atoms with E-state index in [1.54, 1.807) is 16.2 Å². The van der Waals surface area contributed by atoms with E-state index in [1.807, 2.05) is 16.8 Å². The van der Waals surface area contributed by atoms with Crippen LogP contribution in [0, 0.1) is 0 Å². The number of rotatable bonds is 5. The molecule has 3 heterocycles. The van der Waals surface area contributed by atoms with Crippen LogP contribution in [0.25, 0.3) is 11.5 Å². The zero-order chi connectivity index (χ0) is 15.4. The third-order valence-electron chi connectivity index (χ3n) is 3.95. The Balaban J connectivity index is 1.57. The van der Waals surface area contributed by atoms with Gasteiger partial charge in [-0.05, 0) is 30.7 Å². The molecule has 0 radical (unpaired) electrons. The predicted octanol–water partition coefficient (Wildman–Crippen LogP) is 2.10. The van der Waals surface area contributed by atoms with Crippen LogP contribution in [-0.4, -0.2) is 45.3 Å². The molecule has 22 heavy (non-hydrogen) atoms. The highest BCUT2D eigenvalue weighted by molar-refractivity contribution is 7.08. The van der Waals surface area contributed by atoms with Crippen molar-refractivity contribution < 1.29 is 14.3 Å². The van der Waals surface area contributed by atoms with E-state index in [2.05, 4.69) is 10.2 Å². The maximum absolute atomic E-state index is 12.3. The van der Waals surface area contributed by atoms with Crippen LogP contribution in [0.2, 0.25) is 0 Å². The third kappa shape index (κ3) is 3.36. The number of aromatic nitrogens is 2. The van der Waals surface area contributed by atoms with Crippen molar-refractivity contribution in [1.29, 1.82) is 0 Å². The van der Waals surface area contributed by atoms with Crippen molar-refractivity contribution in [3.63, 3.8) is 0 Å². The summed E-state index contributed by atoms with van der Waals surface area (Å²) in [5.74, 6) is 1.02. The quantitative estimate of drug-likeness (QED) is 0.912. The number of aliphatic hydroxyl groups is 1. The van der Waals surface area contributed by atoms with Gasteiger partial charge in [-0.1, -0.05) is 0 Å². The standard InChI is InChI=1S/C15H19N3O3S/c19-9-12-3-1-2-7-18(12)14(20)5-4-13-16-17-15(21-13)11-6-8-22-10-11/h6,8,10,12,19H,1-5,7,9H2. The highest BCUT2D eigenvalue weighted by Crippen LogP contribution is 2.21. The van der Waals surface area contributed by atoms with Crippen molar-refractivity contribution in [3.8, 4) is 11.5 Å². The van der Waals surface area contributed by atoms with Gasteiger partial charge in [0.15, 0.2) is 0 Å². The first kappa shape index (κ1) is 15.2. The van der Waals surface area contributed by atoms with Crippen molar-refractivity contribution in [3.05, 3.63) is 22.7 Å². The second-order valence-electron chi connectivity index (χ2n) is 5.43. The summed E-state index contributed by atoms with van der Waals surface area (Å²) in [5.41, 5.74) is 0.909. The van der Waals surface area contributed by atoms with Crippen LogP contribution in [0.5, 0.6) is 0 Å². The van der Waals surface area contributed by atoms with E-state index in [4.69, 9.17) is 4.42 Å². The molecule has 7 heteroatoms. The Labute approximate surface area is 132 Å². The number of piperidine rings is 1. The molecule has 1 atom stereocenters. The number of likely N-dealkylation sites (tertiary alicyclic amines) is 1. The van der Waals surface area contributed by atoms with Crippen LogP contribution in [0.1, 0.15) is 31.6 Å². The Bertz CT molecular complexity index is 611. The third-order valence-corrected chi connectivity index (χ3v) is 4.63. The van der Waals surface area contributed by atoms with E-state index in [-0.39, 0.29) is 18.6 Å². The first-order valence-corrected chi connectivity index (χ1v) is 8.47. The average molecular weight is 321 g/mol. The number of aliphatic hydroxyl groups excluding tert-OH is 1. The molecule has 0 aliphatic carbocycles. The molecule has 0 spiro atoms. The predicted molar refractivity (Wildman–Crippen MR) is 82.4 cm³/mol. The Morgan fingerprint density at radius 2 is 2.36 bits per heavy atom. The molecule has 0 bridgehead atoms. The summed E-state index contributed by atoms with van der Waals surface area (Å²) in [6, 6.07) is 1.89. The van der Waals surface area contributed by atoms with Crippen molar-refractivity contribution >= 4 is 17.2 Å². The Morgan fingerprint density at radius 1 is 1.45 bits per heavy atom. The minimum absolute atomic E-state index is 0.0363. The number of nitrogens with zero attached hydrogens (tertiary/aromatic N) is 3. The normalized spacial score (nSPS) is 18.6. The molecule has 3 rings (SSSR count). The molecule has 1 aliphatic heterocycles. The molecule has 1 N–H and O–H groups in total. The van der Waals surface area contributed by atoms with Gasteiger partial charge < -0.3 is 14.4 Å². The first-order chi connectivity index (χ1) is 10.8. The number of aryl methyl sites for hydroxylation is 1. The van der Waals surface area contributed by atoms with Crippen LogP contribution >= 0.6 is 11.3 Å². The van der Waals surface area contributed by atoms with Gasteiger partial charge in [0, 0.05) is 30.3 Å². The Hall–Kier alpha value is -1.73. The summed E-state index contributed by atoms with van der Waals surface area (Å²) in [6.45, 7) is 0.767. The lowest BCUT2D eigenvalue weighted by Gasteiger charge is -2.34. The maximum Gasteiger partial charge on any atom is 0.248 e. The molecule has 118 valence electrons. The zero-order valence-electron chi connectivity index (χ0n) is 12.3. The van der Waals surface area contributed by atoms with Crippen molar-refractivity contribution in [2.24, 2.45) is 0 Å². The maximum atomic E-state index is 12.3. The zero-order valence-corrected chi connectivity index (χ0v) is 13.1. The van der Waals surface area contributed by atoms with E-state index in [0.717, 1.165) is 31.4 Å². The summed E-state index contributed by atoms with van der Waals surface area (Å²) in [4.78, 5) is 14.1. The number of carbonyl (C=O) groups excluding carboxylic acids is 1. The summed E-state index contributed by atoms with van der Waals surface area (Å²) in [6.07, 6.45) is 3.73. The SMILES string of the molecule is O=C(CCc1nnc(-c2ccsc2)o1)N1CCCCC1CO. The van der Waals surface area contributed by atoms with E-state index >= 15 is 0 Å². The fourth-order valence-electron chi connectivity index (χ4n) is 2.73. The van der Waals surface area contributed by atoms with Crippen molar-refractivity contribution in [2.45, 2.75) is 38.1 Å². The van der Waals surface area contributed by atoms with E-state index in [9.17, 15) is 9.90 Å². The molecule has 1 aliphatic rings. The number of hydrogen-bond donors (Lipinski definition) is 1. The van der Waals surface area contributed by atoms with Gasteiger partial charge in [0.25, 0.3) is 0 Å². The Kier molecular flexibility index (Phi) is 4.84. The second kappa shape index (κ2) is 7.02. The lowest BCUT2D eigenvalue weighted by molar-refractivity contribution is -0.136. The van der Waals surface area contributed by atoms with Gasteiger partial charge >= 0.3 is 0 Å². The molecule has 6 nitrogen and oxygen atoms in total. The minimum Gasteiger partial charge on any atom is -0.421 e. The first-order valence-electron chi connectivity index (χ1n) is 7.53. The topological polar surface area (TPSA) is 79.5 Å². The van der Waals surface area contributed by atoms with Gasteiger partial charge in [-0.3, -0.25) is 4.79 Å². The van der Waals surface area contributed by atoms with Crippen molar-refractivity contribution in [1.82, 2.24) is 15.1 Å². The molecule has 2 aromatic heterocycles. The number of carbonyl (C=O) groups is 1. The summed E-state index contributed by atoms with van der Waals surface area (Å²) in [7, 11) is 0. The molecular formula is C15H19N3O3S. The molecular weight excluding hydrogens is 302 g/mol. The molecule has 2 aromatic rings. The van der Waals surface area contributed by atoms with Crippen LogP contribution in [-0.2, 0) is 11.2 Å². The number of hydrogen-bond acceptors (Lipinski definition) is 6. The highest BCUT2D eigenvalue weighted by atomic mass is 32.1.